The van der Waals surface area contributed by atoms with E-state index >= 15 is 0 Å². The molecule has 1 fully saturated rings. The van der Waals surface area contributed by atoms with Gasteiger partial charge in [0.2, 0.25) is 5.91 Å². The second-order valence-electron chi connectivity index (χ2n) is 6.08. The Bertz CT molecular complexity index is 232. The van der Waals surface area contributed by atoms with E-state index in [1.807, 2.05) is 0 Å². The van der Waals surface area contributed by atoms with E-state index in [0.717, 1.165) is 32.1 Å². The standard InChI is InChI=1S/C14H28N2O/c1-10(2)8-11(3)16-14(17)9-12-4-6-13(15)7-5-12/h10-13H,4-9,15H2,1-3H3,(H,16,17). The van der Waals surface area contributed by atoms with Crippen LogP contribution in [0.25, 0.3) is 0 Å². The maximum atomic E-state index is 11.8. The quantitative estimate of drug-likeness (QED) is 0.775. The van der Waals surface area contributed by atoms with Gasteiger partial charge in [0.25, 0.3) is 0 Å². The van der Waals surface area contributed by atoms with Crippen molar-refractivity contribution in [1.29, 1.82) is 0 Å². The van der Waals surface area contributed by atoms with Crippen LogP contribution < -0.4 is 11.1 Å². The van der Waals surface area contributed by atoms with Crippen molar-refractivity contribution in [3.05, 3.63) is 0 Å². The first-order chi connectivity index (χ1) is 7.97. The third-order valence-electron chi connectivity index (χ3n) is 3.60. The Kier molecular flexibility index (Phi) is 5.96. The highest BCUT2D eigenvalue weighted by Crippen LogP contribution is 2.25. The van der Waals surface area contributed by atoms with Crippen molar-refractivity contribution in [1.82, 2.24) is 5.32 Å². The van der Waals surface area contributed by atoms with Gasteiger partial charge in [-0.25, -0.2) is 0 Å². The number of carbonyl (C=O) groups excluding carboxylic acids is 1. The van der Waals surface area contributed by atoms with Gasteiger partial charge >= 0.3 is 0 Å². The van der Waals surface area contributed by atoms with Crippen LogP contribution in [0.15, 0.2) is 0 Å². The lowest BCUT2D eigenvalue weighted by Crippen LogP contribution is -2.35. The molecular formula is C14H28N2O. The van der Waals surface area contributed by atoms with Crippen LogP contribution in [-0.2, 0) is 4.79 Å². The van der Waals surface area contributed by atoms with Gasteiger partial charge in [0.1, 0.15) is 0 Å². The van der Waals surface area contributed by atoms with Crippen molar-refractivity contribution in [2.24, 2.45) is 17.6 Å². The molecule has 0 saturated heterocycles. The molecule has 0 spiro atoms. The van der Waals surface area contributed by atoms with E-state index in [1.54, 1.807) is 0 Å². The van der Waals surface area contributed by atoms with Crippen molar-refractivity contribution in [2.45, 2.75) is 71.4 Å². The van der Waals surface area contributed by atoms with Gasteiger partial charge < -0.3 is 11.1 Å². The van der Waals surface area contributed by atoms with Crippen LogP contribution in [0, 0.1) is 11.8 Å². The molecule has 100 valence electrons. The molecule has 0 aliphatic heterocycles. The molecule has 1 saturated carbocycles. The Labute approximate surface area is 106 Å². The molecule has 1 atom stereocenters. The fourth-order valence-electron chi connectivity index (χ4n) is 2.75. The zero-order chi connectivity index (χ0) is 12.8. The minimum absolute atomic E-state index is 0.221. The summed E-state index contributed by atoms with van der Waals surface area (Å²) < 4.78 is 0. The molecule has 3 heteroatoms. The highest BCUT2D eigenvalue weighted by atomic mass is 16.1. The molecule has 17 heavy (non-hydrogen) atoms. The van der Waals surface area contributed by atoms with Crippen LogP contribution >= 0.6 is 0 Å². The summed E-state index contributed by atoms with van der Waals surface area (Å²) in [5.74, 6) is 1.41. The molecule has 0 heterocycles. The van der Waals surface area contributed by atoms with Gasteiger partial charge in [-0.2, -0.15) is 0 Å². The molecule has 1 amide bonds. The SMILES string of the molecule is CC(C)CC(C)NC(=O)CC1CCC(N)CC1. The molecule has 3 nitrogen and oxygen atoms in total. The number of nitrogens with two attached hydrogens (primary N) is 1. The van der Waals surface area contributed by atoms with Gasteiger partial charge in [0, 0.05) is 18.5 Å². The normalized spacial score (nSPS) is 26.9. The largest absolute Gasteiger partial charge is 0.354 e. The molecule has 1 aliphatic rings. The average molecular weight is 240 g/mol. The van der Waals surface area contributed by atoms with Crippen molar-refractivity contribution < 1.29 is 4.79 Å². The fourth-order valence-corrected chi connectivity index (χ4v) is 2.75. The molecule has 1 unspecified atom stereocenters. The summed E-state index contributed by atoms with van der Waals surface area (Å²) in [6, 6.07) is 0.669. The van der Waals surface area contributed by atoms with Crippen LogP contribution in [0.3, 0.4) is 0 Å². The van der Waals surface area contributed by atoms with Gasteiger partial charge in [-0.05, 0) is 50.9 Å². The van der Waals surface area contributed by atoms with Gasteiger partial charge in [0.15, 0.2) is 0 Å². The fraction of sp³-hybridized carbons (Fsp3) is 0.929. The summed E-state index contributed by atoms with van der Waals surface area (Å²) in [6.07, 6.45) is 6.15. The summed E-state index contributed by atoms with van der Waals surface area (Å²) >= 11 is 0. The number of carbonyl (C=O) groups is 1. The smallest absolute Gasteiger partial charge is 0.220 e. The average Bonchev–Trinajstić information content (AvgIpc) is 2.19. The van der Waals surface area contributed by atoms with Crippen molar-refractivity contribution >= 4 is 5.91 Å². The van der Waals surface area contributed by atoms with Gasteiger partial charge in [-0.15, -0.1) is 0 Å². The highest BCUT2D eigenvalue weighted by molar-refractivity contribution is 5.76. The minimum atomic E-state index is 0.221. The van der Waals surface area contributed by atoms with Crippen LogP contribution in [-0.4, -0.2) is 18.0 Å². The number of nitrogens with one attached hydrogen (secondary N) is 1. The lowest BCUT2D eigenvalue weighted by atomic mass is 9.84. The molecule has 0 bridgehead atoms. The van der Waals surface area contributed by atoms with E-state index in [2.05, 4.69) is 26.1 Å². The summed E-state index contributed by atoms with van der Waals surface area (Å²) in [7, 11) is 0. The zero-order valence-electron chi connectivity index (χ0n) is 11.5. The van der Waals surface area contributed by atoms with Crippen molar-refractivity contribution in [2.75, 3.05) is 0 Å². The number of hydrogen-bond acceptors (Lipinski definition) is 2. The Morgan fingerprint density at radius 1 is 1.24 bits per heavy atom. The number of hydrogen-bond donors (Lipinski definition) is 2. The molecule has 1 aliphatic carbocycles. The second kappa shape index (κ2) is 7.00. The Hall–Kier alpha value is -0.570. The summed E-state index contributed by atoms with van der Waals surface area (Å²) in [6.45, 7) is 6.46. The van der Waals surface area contributed by atoms with E-state index in [4.69, 9.17) is 5.73 Å². The Balaban J connectivity index is 2.20. The highest BCUT2D eigenvalue weighted by Gasteiger charge is 2.21. The summed E-state index contributed by atoms with van der Waals surface area (Å²) in [5, 5.41) is 3.10. The van der Waals surface area contributed by atoms with E-state index in [0.29, 0.717) is 30.3 Å². The number of rotatable bonds is 5. The van der Waals surface area contributed by atoms with Crippen LogP contribution in [0.1, 0.15) is 59.3 Å². The second-order valence-corrected chi connectivity index (χ2v) is 6.08. The predicted octanol–water partition coefficient (Wildman–Crippen LogP) is 2.44. The van der Waals surface area contributed by atoms with Crippen LogP contribution in [0.5, 0.6) is 0 Å². The Morgan fingerprint density at radius 3 is 2.35 bits per heavy atom. The molecule has 0 radical (unpaired) electrons. The first kappa shape index (κ1) is 14.5. The number of amides is 1. The molecule has 0 aromatic rings. The van der Waals surface area contributed by atoms with Crippen molar-refractivity contribution in [3.63, 3.8) is 0 Å². The third-order valence-corrected chi connectivity index (χ3v) is 3.60. The molecule has 1 rings (SSSR count). The van der Waals surface area contributed by atoms with Crippen molar-refractivity contribution in [3.8, 4) is 0 Å². The Morgan fingerprint density at radius 2 is 1.82 bits per heavy atom. The first-order valence-corrected chi connectivity index (χ1v) is 7.02. The monoisotopic (exact) mass is 240 g/mol. The van der Waals surface area contributed by atoms with E-state index < -0.39 is 0 Å². The van der Waals surface area contributed by atoms with Gasteiger partial charge in [-0.3, -0.25) is 4.79 Å². The lowest BCUT2D eigenvalue weighted by molar-refractivity contribution is -0.122. The van der Waals surface area contributed by atoms with Gasteiger partial charge in [0.05, 0.1) is 0 Å². The molecule has 3 N–H and O–H groups in total. The minimum Gasteiger partial charge on any atom is -0.354 e. The maximum Gasteiger partial charge on any atom is 0.220 e. The lowest BCUT2D eigenvalue weighted by Gasteiger charge is -2.26. The first-order valence-electron chi connectivity index (χ1n) is 7.02. The predicted molar refractivity (Wildman–Crippen MR) is 71.6 cm³/mol. The topological polar surface area (TPSA) is 55.1 Å². The van der Waals surface area contributed by atoms with E-state index in [1.165, 1.54) is 0 Å². The van der Waals surface area contributed by atoms with Crippen LogP contribution in [0.4, 0.5) is 0 Å². The van der Waals surface area contributed by atoms with Gasteiger partial charge in [-0.1, -0.05) is 13.8 Å². The van der Waals surface area contributed by atoms with Crippen LogP contribution in [0.2, 0.25) is 0 Å². The third kappa shape index (κ3) is 6.06. The maximum absolute atomic E-state index is 11.8. The molecular weight excluding hydrogens is 212 g/mol. The summed E-state index contributed by atoms with van der Waals surface area (Å²) in [5.41, 5.74) is 5.86. The zero-order valence-corrected chi connectivity index (χ0v) is 11.5. The van der Waals surface area contributed by atoms with E-state index in [9.17, 15) is 4.79 Å². The molecule has 0 aromatic heterocycles. The summed E-state index contributed by atoms with van der Waals surface area (Å²) in [4.78, 5) is 11.8. The molecule has 0 aromatic carbocycles. The van der Waals surface area contributed by atoms with E-state index in [-0.39, 0.29) is 5.91 Å².